The molecule has 0 heterocycles. The van der Waals surface area contributed by atoms with Gasteiger partial charge in [0.1, 0.15) is 0 Å². The monoisotopic (exact) mass is 370 g/mol. The molecule has 0 atom stereocenters. The largest absolute Gasteiger partial charge is 0.293 e. The van der Waals surface area contributed by atoms with Crippen molar-refractivity contribution in [2.24, 2.45) is 0 Å². The maximum atomic E-state index is 11.9. The average molecular weight is 371 g/mol. The fourth-order valence-corrected chi connectivity index (χ4v) is 3.74. The number of rotatable bonds is 7. The van der Waals surface area contributed by atoms with Gasteiger partial charge < -0.3 is 0 Å². The number of hydrogen-bond donors (Lipinski definition) is 0. The summed E-state index contributed by atoms with van der Waals surface area (Å²) in [5.41, 5.74) is 1.25. The Balaban J connectivity index is 1.74. The summed E-state index contributed by atoms with van der Waals surface area (Å²) >= 11 is 11.6. The molecule has 6 heteroatoms. The van der Waals surface area contributed by atoms with Crippen molar-refractivity contribution in [2.75, 3.05) is 11.5 Å². The van der Waals surface area contributed by atoms with Gasteiger partial charge in [-0.15, -0.1) is 0 Å². The first kappa shape index (κ1) is 17.4. The molecular formula is C16H12Cl2O2S2. The van der Waals surface area contributed by atoms with Gasteiger partial charge in [0.15, 0.2) is 11.6 Å². The highest BCUT2D eigenvalue weighted by Crippen LogP contribution is 2.24. The third-order valence-corrected chi connectivity index (χ3v) is 5.43. The van der Waals surface area contributed by atoms with Crippen LogP contribution in [-0.4, -0.2) is 23.1 Å². The number of hydrogen-bond acceptors (Lipinski definition) is 4. The minimum Gasteiger partial charge on any atom is -0.293 e. The van der Waals surface area contributed by atoms with Crippen molar-refractivity contribution in [1.29, 1.82) is 0 Å². The Hall–Kier alpha value is -0.940. The molecule has 0 unspecified atom stereocenters. The average Bonchev–Trinajstić information content (AvgIpc) is 2.52. The van der Waals surface area contributed by atoms with Crippen LogP contribution in [0.5, 0.6) is 0 Å². The summed E-state index contributed by atoms with van der Waals surface area (Å²) in [7, 11) is 2.75. The van der Waals surface area contributed by atoms with E-state index in [-0.39, 0.29) is 11.6 Å². The second-order valence-corrected chi connectivity index (χ2v) is 7.72. The van der Waals surface area contributed by atoms with Crippen LogP contribution in [0.25, 0.3) is 0 Å². The normalized spacial score (nSPS) is 10.5. The van der Waals surface area contributed by atoms with Gasteiger partial charge in [-0.25, -0.2) is 0 Å². The first-order chi connectivity index (χ1) is 10.6. The zero-order valence-electron chi connectivity index (χ0n) is 11.4. The van der Waals surface area contributed by atoms with Crippen LogP contribution in [0.3, 0.4) is 0 Å². The zero-order valence-corrected chi connectivity index (χ0v) is 14.6. The van der Waals surface area contributed by atoms with Gasteiger partial charge in [0.25, 0.3) is 0 Å². The first-order valence-corrected chi connectivity index (χ1v) is 9.62. The van der Waals surface area contributed by atoms with E-state index in [4.69, 9.17) is 23.2 Å². The molecule has 2 rings (SSSR count). The Morgan fingerprint density at radius 1 is 0.682 bits per heavy atom. The maximum absolute atomic E-state index is 11.9. The molecule has 2 aromatic carbocycles. The highest BCUT2D eigenvalue weighted by Gasteiger charge is 2.09. The number of carbonyl (C=O) groups is 2. The zero-order chi connectivity index (χ0) is 15.9. The van der Waals surface area contributed by atoms with Gasteiger partial charge in [-0.1, -0.05) is 44.8 Å². The molecule has 0 N–H and O–H groups in total. The van der Waals surface area contributed by atoms with Crippen LogP contribution >= 0.6 is 44.8 Å². The molecule has 0 radical (unpaired) electrons. The molecule has 0 aliphatic carbocycles. The lowest BCUT2D eigenvalue weighted by Gasteiger charge is -2.02. The molecule has 0 aliphatic heterocycles. The Morgan fingerprint density at radius 3 is 1.32 bits per heavy atom. The summed E-state index contributed by atoms with van der Waals surface area (Å²) < 4.78 is 0. The SMILES string of the molecule is O=C(CSSCC(=O)c1ccc(Cl)cc1)c1ccc(Cl)cc1. The lowest BCUT2D eigenvalue weighted by atomic mass is 10.1. The van der Waals surface area contributed by atoms with Crippen molar-refractivity contribution in [1.82, 2.24) is 0 Å². The van der Waals surface area contributed by atoms with E-state index in [2.05, 4.69) is 0 Å². The number of halogens is 2. The van der Waals surface area contributed by atoms with Crippen LogP contribution in [0, 0.1) is 0 Å². The molecule has 0 amide bonds. The van der Waals surface area contributed by atoms with Crippen LogP contribution in [0.15, 0.2) is 48.5 Å². The van der Waals surface area contributed by atoms with Crippen LogP contribution < -0.4 is 0 Å². The molecule has 0 bridgehead atoms. The van der Waals surface area contributed by atoms with E-state index in [0.29, 0.717) is 32.7 Å². The van der Waals surface area contributed by atoms with E-state index in [0.717, 1.165) is 0 Å². The van der Waals surface area contributed by atoms with E-state index < -0.39 is 0 Å². The molecular weight excluding hydrogens is 359 g/mol. The summed E-state index contributed by atoms with van der Waals surface area (Å²) in [5, 5.41) is 1.21. The molecule has 0 spiro atoms. The molecule has 0 saturated carbocycles. The van der Waals surface area contributed by atoms with Gasteiger partial charge >= 0.3 is 0 Å². The minimum absolute atomic E-state index is 0.0214. The van der Waals surface area contributed by atoms with E-state index in [9.17, 15) is 9.59 Å². The summed E-state index contributed by atoms with van der Waals surface area (Å²) in [6, 6.07) is 13.6. The van der Waals surface area contributed by atoms with Crippen molar-refractivity contribution < 1.29 is 9.59 Å². The lowest BCUT2D eigenvalue weighted by molar-refractivity contribution is 0.101. The van der Waals surface area contributed by atoms with Crippen LogP contribution in [0.1, 0.15) is 20.7 Å². The van der Waals surface area contributed by atoms with Gasteiger partial charge in [0.2, 0.25) is 0 Å². The molecule has 2 aromatic rings. The van der Waals surface area contributed by atoms with Gasteiger partial charge in [-0.3, -0.25) is 9.59 Å². The quantitative estimate of drug-likeness (QED) is 0.369. The Kier molecular flexibility index (Phi) is 6.83. The van der Waals surface area contributed by atoms with Crippen molar-refractivity contribution in [3.05, 3.63) is 69.7 Å². The molecule has 2 nitrogen and oxygen atoms in total. The standard InChI is InChI=1S/C16H12Cl2O2S2/c17-13-5-1-11(2-6-13)15(19)9-21-22-10-16(20)12-3-7-14(18)8-4-12/h1-8H,9-10H2. The smallest absolute Gasteiger partial charge is 0.173 e. The fraction of sp³-hybridized carbons (Fsp3) is 0.125. The molecule has 0 fully saturated rings. The van der Waals surface area contributed by atoms with Crippen LogP contribution in [-0.2, 0) is 0 Å². The Morgan fingerprint density at radius 2 is 1.00 bits per heavy atom. The van der Waals surface area contributed by atoms with Gasteiger partial charge in [-0.05, 0) is 48.5 Å². The number of ketones is 2. The maximum Gasteiger partial charge on any atom is 0.173 e. The van der Waals surface area contributed by atoms with Crippen LogP contribution in [0.4, 0.5) is 0 Å². The topological polar surface area (TPSA) is 34.1 Å². The van der Waals surface area contributed by atoms with E-state index in [1.165, 1.54) is 21.6 Å². The van der Waals surface area contributed by atoms with Crippen LogP contribution in [0.2, 0.25) is 10.0 Å². The number of benzene rings is 2. The van der Waals surface area contributed by atoms with Gasteiger partial charge in [0, 0.05) is 21.2 Å². The summed E-state index contributed by atoms with van der Waals surface area (Å²) in [6.07, 6.45) is 0. The highest BCUT2D eigenvalue weighted by molar-refractivity contribution is 8.77. The second kappa shape index (κ2) is 8.63. The van der Waals surface area contributed by atoms with Crippen molar-refractivity contribution in [2.45, 2.75) is 0 Å². The van der Waals surface area contributed by atoms with E-state index >= 15 is 0 Å². The Labute approximate surface area is 147 Å². The number of carbonyl (C=O) groups excluding carboxylic acids is 2. The van der Waals surface area contributed by atoms with Gasteiger partial charge in [-0.2, -0.15) is 0 Å². The Bertz CT molecular complexity index is 595. The molecule has 0 aromatic heterocycles. The highest BCUT2D eigenvalue weighted by atomic mass is 35.5. The van der Waals surface area contributed by atoms with E-state index in [1.807, 2.05) is 0 Å². The molecule has 22 heavy (non-hydrogen) atoms. The molecule has 0 aliphatic rings. The number of Topliss-reactive ketones (excluding diaryl/α,β-unsaturated/α-hetero) is 2. The first-order valence-electron chi connectivity index (χ1n) is 6.38. The van der Waals surface area contributed by atoms with Crippen molar-refractivity contribution in [3.8, 4) is 0 Å². The molecule has 114 valence electrons. The summed E-state index contributed by atoms with van der Waals surface area (Å²) in [5.74, 6) is 0.682. The molecule has 0 saturated heterocycles. The third kappa shape index (κ3) is 5.36. The predicted octanol–water partition coefficient (Wildman–Crippen LogP) is 5.44. The van der Waals surface area contributed by atoms with Crippen molar-refractivity contribution in [3.63, 3.8) is 0 Å². The lowest BCUT2D eigenvalue weighted by Crippen LogP contribution is -2.03. The van der Waals surface area contributed by atoms with Gasteiger partial charge in [0.05, 0.1) is 11.5 Å². The fourth-order valence-electron chi connectivity index (χ4n) is 1.63. The summed E-state index contributed by atoms with van der Waals surface area (Å²) in [4.78, 5) is 23.9. The second-order valence-electron chi connectivity index (χ2n) is 4.38. The minimum atomic E-state index is 0.0214. The predicted molar refractivity (Wildman–Crippen MR) is 96.5 cm³/mol. The third-order valence-electron chi connectivity index (χ3n) is 2.80. The summed E-state index contributed by atoms with van der Waals surface area (Å²) in [6.45, 7) is 0. The van der Waals surface area contributed by atoms with Crippen molar-refractivity contribution >= 4 is 56.4 Å². The van der Waals surface area contributed by atoms with E-state index in [1.54, 1.807) is 48.5 Å².